The maximum absolute atomic E-state index is 13.2. The highest BCUT2D eigenvalue weighted by Gasteiger charge is 2.40. The molecule has 0 radical (unpaired) electrons. The van der Waals surface area contributed by atoms with E-state index in [1.807, 2.05) is 50.2 Å². The molecule has 6 nitrogen and oxygen atoms in total. The quantitative estimate of drug-likeness (QED) is 0.312. The fourth-order valence-electron chi connectivity index (χ4n) is 3.22. The van der Waals surface area contributed by atoms with Crippen LogP contribution in [-0.4, -0.2) is 32.1 Å². The van der Waals surface area contributed by atoms with Crippen molar-refractivity contribution >= 4 is 24.3 Å². The van der Waals surface area contributed by atoms with Crippen LogP contribution < -0.4 is 4.74 Å². The Morgan fingerprint density at radius 2 is 1.57 bits per heavy atom. The molecule has 2 atom stereocenters. The van der Waals surface area contributed by atoms with Gasteiger partial charge in [0.2, 0.25) is 5.85 Å². The van der Waals surface area contributed by atoms with Crippen molar-refractivity contribution in [2.24, 2.45) is 5.92 Å². The largest absolute Gasteiger partial charge is 0.497 e. The second kappa shape index (κ2) is 10.9. The van der Waals surface area contributed by atoms with Crippen molar-refractivity contribution < 1.29 is 27.9 Å². The molecule has 30 heavy (non-hydrogen) atoms. The summed E-state index contributed by atoms with van der Waals surface area (Å²) < 4.78 is 35.1. The average Bonchev–Trinajstić information content (AvgIpc) is 2.71. The normalized spacial score (nSPS) is 14.0. The lowest BCUT2D eigenvalue weighted by atomic mass is 9.98. The highest BCUT2D eigenvalue weighted by atomic mass is 31.2. The zero-order valence-electron chi connectivity index (χ0n) is 18.7. The number of rotatable bonds is 11. The van der Waals surface area contributed by atoms with Crippen LogP contribution in [0.5, 0.6) is 5.75 Å². The van der Waals surface area contributed by atoms with E-state index in [-0.39, 0.29) is 19.1 Å². The van der Waals surface area contributed by atoms with Gasteiger partial charge in [0.25, 0.3) is 0 Å². The van der Waals surface area contributed by atoms with Crippen LogP contribution in [0.15, 0.2) is 36.4 Å². The molecule has 2 aromatic rings. The average molecular weight is 436 g/mol. The molecule has 0 spiro atoms. The molecule has 0 saturated heterocycles. The smallest absolute Gasteiger partial charge is 0.370 e. The van der Waals surface area contributed by atoms with Crippen molar-refractivity contribution in [1.29, 1.82) is 0 Å². The van der Waals surface area contributed by atoms with Gasteiger partial charge in [0.05, 0.1) is 26.2 Å². The predicted molar refractivity (Wildman–Crippen MR) is 119 cm³/mol. The first kappa shape index (κ1) is 24.4. The third kappa shape index (κ3) is 6.07. The Labute approximate surface area is 179 Å². The Balaban J connectivity index is 2.25. The van der Waals surface area contributed by atoms with Crippen LogP contribution >= 0.6 is 7.60 Å². The zero-order chi connectivity index (χ0) is 22.3. The fraction of sp³-hybridized carbons (Fsp3) is 0.522. The number of hydrogen-bond donors (Lipinski definition) is 0. The third-order valence-electron chi connectivity index (χ3n) is 4.82. The summed E-state index contributed by atoms with van der Waals surface area (Å²) in [6.07, 6.45) is 0.396. The summed E-state index contributed by atoms with van der Waals surface area (Å²) in [6, 6.07) is 11.6. The molecular formula is C23H33O6P. The first-order chi connectivity index (χ1) is 14.2. The summed E-state index contributed by atoms with van der Waals surface area (Å²) in [5.74, 6) is -0.974. The highest BCUT2D eigenvalue weighted by molar-refractivity contribution is 7.54. The number of carbonyl (C=O) groups excluding carboxylic acids is 1. The number of esters is 1. The van der Waals surface area contributed by atoms with Crippen LogP contribution in [-0.2, 0) is 23.1 Å². The van der Waals surface area contributed by atoms with Gasteiger partial charge in [-0.1, -0.05) is 38.1 Å². The lowest BCUT2D eigenvalue weighted by molar-refractivity contribution is -0.148. The molecule has 0 bridgehead atoms. The maximum atomic E-state index is 13.2. The molecular weight excluding hydrogens is 403 g/mol. The standard InChI is InChI=1S/C23H33O6P/c1-7-27-30(25,28-8-2)22(13-16(3)4)29-23(24)17(5)18-9-10-20-15-21(26-6)12-11-19(20)14-18/h9-12,14-17,22H,7-8,13H2,1-6H3/t17-,22-/m0/s1. The molecule has 2 rings (SSSR count). The summed E-state index contributed by atoms with van der Waals surface area (Å²) in [5.41, 5.74) is 0.823. The van der Waals surface area contributed by atoms with E-state index in [2.05, 4.69) is 0 Å². The lowest BCUT2D eigenvalue weighted by Gasteiger charge is -2.28. The molecule has 166 valence electrons. The van der Waals surface area contributed by atoms with E-state index in [1.165, 1.54) is 0 Å². The summed E-state index contributed by atoms with van der Waals surface area (Å²) in [5, 5.41) is 2.02. The van der Waals surface area contributed by atoms with E-state index in [0.717, 1.165) is 22.1 Å². The minimum absolute atomic E-state index is 0.156. The van der Waals surface area contributed by atoms with Crippen molar-refractivity contribution in [3.05, 3.63) is 42.0 Å². The van der Waals surface area contributed by atoms with Crippen LogP contribution in [0, 0.1) is 5.92 Å². The van der Waals surface area contributed by atoms with Gasteiger partial charge in [-0.05, 0) is 61.6 Å². The van der Waals surface area contributed by atoms with Gasteiger partial charge in [0, 0.05) is 0 Å². The summed E-state index contributed by atoms with van der Waals surface area (Å²) >= 11 is 0. The summed E-state index contributed by atoms with van der Waals surface area (Å²) in [6.45, 7) is 9.65. The maximum Gasteiger partial charge on any atom is 0.370 e. The van der Waals surface area contributed by atoms with Gasteiger partial charge in [-0.15, -0.1) is 0 Å². The van der Waals surface area contributed by atoms with Gasteiger partial charge in [0.15, 0.2) is 0 Å². The van der Waals surface area contributed by atoms with Gasteiger partial charge in [-0.3, -0.25) is 9.36 Å². The van der Waals surface area contributed by atoms with E-state index < -0.39 is 25.3 Å². The van der Waals surface area contributed by atoms with Crippen LogP contribution in [0.25, 0.3) is 10.8 Å². The number of methoxy groups -OCH3 is 1. The van der Waals surface area contributed by atoms with Crippen LogP contribution in [0.3, 0.4) is 0 Å². The van der Waals surface area contributed by atoms with E-state index in [9.17, 15) is 9.36 Å². The monoisotopic (exact) mass is 436 g/mol. The Bertz CT molecular complexity index is 884. The molecule has 0 aliphatic carbocycles. The van der Waals surface area contributed by atoms with E-state index in [0.29, 0.717) is 6.42 Å². The van der Waals surface area contributed by atoms with Crippen LogP contribution in [0.4, 0.5) is 0 Å². The number of ether oxygens (including phenoxy) is 2. The third-order valence-corrected chi connectivity index (χ3v) is 7.08. The summed E-state index contributed by atoms with van der Waals surface area (Å²) in [4.78, 5) is 13.0. The SMILES string of the molecule is CCOP(=O)(OCC)[C@@H](CC(C)C)OC(=O)[C@@H](C)c1ccc2cc(OC)ccc2c1. The van der Waals surface area contributed by atoms with E-state index >= 15 is 0 Å². The number of carbonyl (C=O) groups is 1. The Hall–Kier alpha value is -1.88. The van der Waals surface area contributed by atoms with Crippen molar-refractivity contribution in [3.8, 4) is 5.75 Å². The number of benzene rings is 2. The molecule has 0 aliphatic heterocycles. The number of hydrogen-bond acceptors (Lipinski definition) is 6. The second-order valence-corrected chi connectivity index (χ2v) is 9.76. The Morgan fingerprint density at radius 3 is 2.13 bits per heavy atom. The van der Waals surface area contributed by atoms with Crippen molar-refractivity contribution in [2.75, 3.05) is 20.3 Å². The molecule has 0 unspecified atom stereocenters. The first-order valence-electron chi connectivity index (χ1n) is 10.4. The van der Waals surface area contributed by atoms with Crippen LogP contribution in [0.1, 0.15) is 52.5 Å². The van der Waals surface area contributed by atoms with Crippen molar-refractivity contribution in [2.45, 2.75) is 52.8 Å². The first-order valence-corrected chi connectivity index (χ1v) is 12.0. The minimum atomic E-state index is -3.57. The van der Waals surface area contributed by atoms with Gasteiger partial charge < -0.3 is 18.5 Å². The molecule has 0 aliphatic rings. The minimum Gasteiger partial charge on any atom is -0.497 e. The van der Waals surface area contributed by atoms with E-state index in [4.69, 9.17) is 18.5 Å². The molecule has 0 aromatic heterocycles. The Kier molecular flexibility index (Phi) is 8.90. The van der Waals surface area contributed by atoms with Gasteiger partial charge in [0.1, 0.15) is 5.75 Å². The topological polar surface area (TPSA) is 71.1 Å². The molecule has 2 aromatic carbocycles. The molecule has 0 heterocycles. The molecule has 0 N–H and O–H groups in total. The van der Waals surface area contributed by atoms with E-state index in [1.54, 1.807) is 27.9 Å². The molecule has 0 fully saturated rings. The molecule has 0 saturated carbocycles. The molecule has 7 heteroatoms. The highest BCUT2D eigenvalue weighted by Crippen LogP contribution is 2.55. The van der Waals surface area contributed by atoms with Gasteiger partial charge in [-0.25, -0.2) is 0 Å². The van der Waals surface area contributed by atoms with Crippen molar-refractivity contribution in [3.63, 3.8) is 0 Å². The second-order valence-electron chi connectivity index (χ2n) is 7.59. The van der Waals surface area contributed by atoms with Gasteiger partial charge in [-0.2, -0.15) is 0 Å². The lowest BCUT2D eigenvalue weighted by Crippen LogP contribution is -2.25. The molecule has 0 amide bonds. The summed E-state index contributed by atoms with van der Waals surface area (Å²) in [7, 11) is -1.94. The van der Waals surface area contributed by atoms with Crippen LogP contribution in [0.2, 0.25) is 0 Å². The number of fused-ring (bicyclic) bond motifs is 1. The predicted octanol–water partition coefficient (Wildman–Crippen LogP) is 6.13. The zero-order valence-corrected chi connectivity index (χ0v) is 19.6. The fourth-order valence-corrected chi connectivity index (χ4v) is 5.26. The van der Waals surface area contributed by atoms with Gasteiger partial charge >= 0.3 is 13.6 Å². The van der Waals surface area contributed by atoms with Crippen molar-refractivity contribution in [1.82, 2.24) is 0 Å². The Morgan fingerprint density at radius 1 is 0.967 bits per heavy atom.